The van der Waals surface area contributed by atoms with E-state index >= 15 is 0 Å². The molecule has 0 radical (unpaired) electrons. The molecule has 1 aliphatic heterocycles. The molecule has 8 heteroatoms. The third-order valence-corrected chi connectivity index (χ3v) is 4.85. The van der Waals surface area contributed by atoms with E-state index in [4.69, 9.17) is 16.3 Å². The van der Waals surface area contributed by atoms with Gasteiger partial charge in [0.25, 0.3) is 0 Å². The average Bonchev–Trinajstić information content (AvgIpc) is 2.39. The van der Waals surface area contributed by atoms with Gasteiger partial charge < -0.3 is 10.1 Å². The first kappa shape index (κ1) is 17.5. The minimum atomic E-state index is -3.61. The van der Waals surface area contributed by atoms with Crippen molar-refractivity contribution in [3.63, 3.8) is 0 Å². The van der Waals surface area contributed by atoms with Crippen LogP contribution in [0.4, 0.5) is 0 Å². The maximum Gasteiger partial charge on any atom is 0.244 e. The van der Waals surface area contributed by atoms with E-state index in [1.54, 1.807) is 12.1 Å². The van der Waals surface area contributed by atoms with Gasteiger partial charge >= 0.3 is 0 Å². The van der Waals surface area contributed by atoms with Crippen molar-refractivity contribution in [2.45, 2.75) is 23.8 Å². The molecular formula is C12H18Cl2N2O3S. The van der Waals surface area contributed by atoms with Crippen LogP contribution in [0.1, 0.15) is 12.8 Å². The van der Waals surface area contributed by atoms with Gasteiger partial charge in [-0.2, -0.15) is 0 Å². The Morgan fingerprint density at radius 2 is 2.00 bits per heavy atom. The van der Waals surface area contributed by atoms with Crippen molar-refractivity contribution in [1.82, 2.24) is 10.0 Å². The summed E-state index contributed by atoms with van der Waals surface area (Å²) in [5, 5.41) is 3.56. The number of methoxy groups -OCH3 is 1. The third-order valence-electron chi connectivity index (χ3n) is 3.08. The Balaban J connectivity index is 0.00000200. The number of nitrogens with one attached hydrogen (secondary N) is 2. The summed E-state index contributed by atoms with van der Waals surface area (Å²) in [7, 11) is -2.18. The molecule has 0 amide bonds. The predicted molar refractivity (Wildman–Crippen MR) is 81.5 cm³/mol. The molecule has 0 unspecified atom stereocenters. The Morgan fingerprint density at radius 3 is 2.60 bits per heavy atom. The summed E-state index contributed by atoms with van der Waals surface area (Å²) in [6, 6.07) is 4.52. The van der Waals surface area contributed by atoms with E-state index in [-0.39, 0.29) is 23.3 Å². The first-order valence-corrected chi connectivity index (χ1v) is 7.95. The van der Waals surface area contributed by atoms with Crippen LogP contribution in [0.25, 0.3) is 0 Å². The van der Waals surface area contributed by atoms with E-state index in [9.17, 15) is 8.42 Å². The molecule has 0 bridgehead atoms. The predicted octanol–water partition coefficient (Wildman–Crippen LogP) is 1.80. The Kier molecular flexibility index (Phi) is 6.54. The van der Waals surface area contributed by atoms with Gasteiger partial charge in [0.05, 0.1) is 7.11 Å². The number of halogens is 2. The topological polar surface area (TPSA) is 67.4 Å². The smallest absolute Gasteiger partial charge is 0.244 e. The number of ether oxygens (including phenoxy) is 1. The van der Waals surface area contributed by atoms with E-state index in [0.29, 0.717) is 10.8 Å². The van der Waals surface area contributed by atoms with Crippen LogP contribution in [0.5, 0.6) is 5.75 Å². The molecule has 1 saturated heterocycles. The zero-order valence-corrected chi connectivity index (χ0v) is 13.4. The zero-order chi connectivity index (χ0) is 13.9. The highest BCUT2D eigenvalue weighted by molar-refractivity contribution is 7.89. The summed E-state index contributed by atoms with van der Waals surface area (Å²) < 4.78 is 32.5. The van der Waals surface area contributed by atoms with Gasteiger partial charge in [-0.05, 0) is 44.1 Å². The lowest BCUT2D eigenvalue weighted by Crippen LogP contribution is -2.42. The second kappa shape index (κ2) is 7.47. The number of hydrogen-bond acceptors (Lipinski definition) is 4. The summed E-state index contributed by atoms with van der Waals surface area (Å²) in [6.45, 7) is 1.64. The van der Waals surface area contributed by atoms with Crippen LogP contribution >= 0.6 is 24.0 Å². The van der Waals surface area contributed by atoms with Gasteiger partial charge in [0.15, 0.2) is 0 Å². The molecule has 1 aliphatic rings. The van der Waals surface area contributed by atoms with Crippen molar-refractivity contribution in [3.8, 4) is 5.75 Å². The van der Waals surface area contributed by atoms with Crippen LogP contribution in [0, 0.1) is 0 Å². The molecular weight excluding hydrogens is 323 g/mol. The molecule has 0 saturated carbocycles. The van der Waals surface area contributed by atoms with E-state index in [1.807, 2.05) is 0 Å². The van der Waals surface area contributed by atoms with Gasteiger partial charge in [-0.3, -0.25) is 0 Å². The summed E-state index contributed by atoms with van der Waals surface area (Å²) in [6.07, 6.45) is 1.56. The Labute approximate surface area is 130 Å². The standard InChI is InChI=1S/C12H17ClN2O3S.ClH/c1-18-11-3-2-9(13)8-12(11)19(16,17)15-10-4-6-14-7-5-10;/h2-3,8,10,14-15H,4-7H2,1H3;1H. The van der Waals surface area contributed by atoms with E-state index < -0.39 is 10.0 Å². The Morgan fingerprint density at radius 1 is 1.35 bits per heavy atom. The molecule has 1 fully saturated rings. The van der Waals surface area contributed by atoms with E-state index in [0.717, 1.165) is 25.9 Å². The van der Waals surface area contributed by atoms with Crippen LogP contribution in [0.2, 0.25) is 5.02 Å². The fourth-order valence-electron chi connectivity index (χ4n) is 2.08. The molecule has 0 aromatic heterocycles. The van der Waals surface area contributed by atoms with Crippen LogP contribution in [0.3, 0.4) is 0 Å². The van der Waals surface area contributed by atoms with Crippen LogP contribution in [-0.2, 0) is 10.0 Å². The first-order chi connectivity index (χ1) is 9.03. The van der Waals surface area contributed by atoms with Crippen molar-refractivity contribution < 1.29 is 13.2 Å². The number of piperidine rings is 1. The summed E-state index contributed by atoms with van der Waals surface area (Å²) >= 11 is 5.86. The summed E-state index contributed by atoms with van der Waals surface area (Å²) in [5.41, 5.74) is 0. The van der Waals surface area contributed by atoms with Crippen molar-refractivity contribution >= 4 is 34.0 Å². The first-order valence-electron chi connectivity index (χ1n) is 6.09. The second-order valence-corrected chi connectivity index (χ2v) is 6.56. The van der Waals surface area contributed by atoms with Gasteiger partial charge in [-0.1, -0.05) is 11.6 Å². The fraction of sp³-hybridized carbons (Fsp3) is 0.500. The average molecular weight is 341 g/mol. The van der Waals surface area contributed by atoms with Gasteiger partial charge in [0.2, 0.25) is 10.0 Å². The monoisotopic (exact) mass is 340 g/mol. The molecule has 0 atom stereocenters. The number of benzene rings is 1. The molecule has 1 aromatic rings. The van der Waals surface area contributed by atoms with E-state index in [2.05, 4.69) is 10.0 Å². The van der Waals surface area contributed by atoms with Crippen LogP contribution < -0.4 is 14.8 Å². The molecule has 114 valence electrons. The Bertz CT molecular complexity index is 546. The van der Waals surface area contributed by atoms with Crippen molar-refractivity contribution in [1.29, 1.82) is 0 Å². The summed E-state index contributed by atoms with van der Waals surface area (Å²) in [4.78, 5) is 0.0843. The molecule has 0 spiro atoms. The van der Waals surface area contributed by atoms with Gasteiger partial charge in [0, 0.05) is 11.1 Å². The van der Waals surface area contributed by atoms with Gasteiger partial charge in [-0.25, -0.2) is 13.1 Å². The minimum absolute atomic E-state index is 0. The molecule has 2 rings (SSSR count). The zero-order valence-electron chi connectivity index (χ0n) is 11.1. The van der Waals surface area contributed by atoms with Crippen molar-refractivity contribution in [3.05, 3.63) is 23.2 Å². The normalized spacial score (nSPS) is 16.5. The number of hydrogen-bond donors (Lipinski definition) is 2. The van der Waals surface area contributed by atoms with Crippen molar-refractivity contribution in [2.24, 2.45) is 0 Å². The highest BCUT2D eigenvalue weighted by Crippen LogP contribution is 2.27. The number of sulfonamides is 1. The lowest BCUT2D eigenvalue weighted by molar-refractivity contribution is 0.399. The lowest BCUT2D eigenvalue weighted by Gasteiger charge is -2.23. The SMILES string of the molecule is COc1ccc(Cl)cc1S(=O)(=O)NC1CCNCC1.Cl. The fourth-order valence-corrected chi connectivity index (χ4v) is 3.82. The quantitative estimate of drug-likeness (QED) is 0.876. The molecule has 2 N–H and O–H groups in total. The molecule has 1 heterocycles. The van der Waals surface area contributed by atoms with Crippen LogP contribution in [-0.4, -0.2) is 34.7 Å². The molecule has 20 heavy (non-hydrogen) atoms. The molecule has 5 nitrogen and oxygen atoms in total. The number of rotatable bonds is 4. The Hall–Kier alpha value is -0.530. The van der Waals surface area contributed by atoms with Gasteiger partial charge in [-0.15, -0.1) is 12.4 Å². The molecule has 0 aliphatic carbocycles. The van der Waals surface area contributed by atoms with Crippen molar-refractivity contribution in [2.75, 3.05) is 20.2 Å². The van der Waals surface area contributed by atoms with E-state index in [1.165, 1.54) is 13.2 Å². The summed E-state index contributed by atoms with van der Waals surface area (Å²) in [5.74, 6) is 0.297. The largest absolute Gasteiger partial charge is 0.495 e. The highest BCUT2D eigenvalue weighted by Gasteiger charge is 2.24. The molecule has 1 aromatic carbocycles. The lowest BCUT2D eigenvalue weighted by atomic mass is 10.1. The van der Waals surface area contributed by atoms with Gasteiger partial charge in [0.1, 0.15) is 10.6 Å². The van der Waals surface area contributed by atoms with Crippen LogP contribution in [0.15, 0.2) is 23.1 Å². The third kappa shape index (κ3) is 4.23. The maximum atomic E-state index is 12.4. The second-order valence-electron chi connectivity index (χ2n) is 4.44. The highest BCUT2D eigenvalue weighted by atomic mass is 35.5. The minimum Gasteiger partial charge on any atom is -0.495 e. The maximum absolute atomic E-state index is 12.4.